The van der Waals surface area contributed by atoms with E-state index in [2.05, 4.69) is 43.3 Å². The third kappa shape index (κ3) is 2.28. The van der Waals surface area contributed by atoms with Gasteiger partial charge in [0.25, 0.3) is 0 Å². The largest absolute Gasteiger partial charge is 0.353 e. The molecule has 0 amide bonds. The van der Waals surface area contributed by atoms with Crippen LogP contribution in [0, 0.1) is 0 Å². The van der Waals surface area contributed by atoms with Crippen LogP contribution in [0.3, 0.4) is 0 Å². The fourth-order valence-corrected chi connectivity index (χ4v) is 3.94. The first-order valence-corrected chi connectivity index (χ1v) is 8.55. The van der Waals surface area contributed by atoms with Crippen molar-refractivity contribution in [3.8, 4) is 0 Å². The molecule has 96 valence electrons. The number of anilines is 1. The molecule has 2 aromatic rings. The Morgan fingerprint density at radius 3 is 3.28 bits per heavy atom. The van der Waals surface area contributed by atoms with Crippen LogP contribution in [0.4, 0.5) is 5.82 Å². The smallest absolute Gasteiger partial charge is 0.137 e. The zero-order valence-electron chi connectivity index (χ0n) is 10.3. The SMILES string of the molecule is BrCCCC1CCCN1c1nccc2sccc12. The first-order chi connectivity index (χ1) is 8.90. The third-order valence-electron chi connectivity index (χ3n) is 3.68. The molecule has 0 radical (unpaired) electrons. The van der Waals surface area contributed by atoms with Gasteiger partial charge < -0.3 is 4.90 Å². The molecule has 3 heterocycles. The van der Waals surface area contributed by atoms with Crippen molar-refractivity contribution in [2.45, 2.75) is 31.7 Å². The Morgan fingerprint density at radius 2 is 2.39 bits per heavy atom. The molecule has 1 aliphatic rings. The molecule has 0 N–H and O–H groups in total. The van der Waals surface area contributed by atoms with E-state index in [4.69, 9.17) is 0 Å². The fraction of sp³-hybridized carbons (Fsp3) is 0.500. The summed E-state index contributed by atoms with van der Waals surface area (Å²) in [5.74, 6) is 1.20. The maximum atomic E-state index is 4.64. The predicted molar refractivity (Wildman–Crippen MR) is 83.0 cm³/mol. The highest BCUT2D eigenvalue weighted by Gasteiger charge is 2.26. The van der Waals surface area contributed by atoms with Gasteiger partial charge in [-0.1, -0.05) is 15.9 Å². The van der Waals surface area contributed by atoms with Crippen LogP contribution in [0.1, 0.15) is 25.7 Å². The molecule has 1 aliphatic heterocycles. The monoisotopic (exact) mass is 324 g/mol. The molecule has 2 nitrogen and oxygen atoms in total. The molecule has 0 aliphatic carbocycles. The number of halogens is 1. The first kappa shape index (κ1) is 12.4. The summed E-state index contributed by atoms with van der Waals surface area (Å²) in [5, 5.41) is 4.60. The summed E-state index contributed by atoms with van der Waals surface area (Å²) in [6.07, 6.45) is 7.09. The van der Waals surface area contributed by atoms with E-state index in [1.807, 2.05) is 6.20 Å². The van der Waals surface area contributed by atoms with E-state index < -0.39 is 0 Å². The quantitative estimate of drug-likeness (QED) is 0.773. The molecule has 0 saturated carbocycles. The Morgan fingerprint density at radius 1 is 1.44 bits per heavy atom. The molecule has 0 spiro atoms. The molecule has 4 heteroatoms. The first-order valence-electron chi connectivity index (χ1n) is 6.55. The van der Waals surface area contributed by atoms with Gasteiger partial charge in [-0.25, -0.2) is 4.98 Å². The maximum absolute atomic E-state index is 4.64. The number of pyridine rings is 1. The average molecular weight is 325 g/mol. The van der Waals surface area contributed by atoms with E-state index in [9.17, 15) is 0 Å². The van der Waals surface area contributed by atoms with E-state index >= 15 is 0 Å². The van der Waals surface area contributed by atoms with E-state index in [1.165, 1.54) is 41.6 Å². The van der Waals surface area contributed by atoms with Crippen LogP contribution >= 0.6 is 27.3 Å². The van der Waals surface area contributed by atoms with Crippen molar-refractivity contribution in [1.82, 2.24) is 4.98 Å². The molecule has 0 aromatic carbocycles. The predicted octanol–water partition coefficient (Wildman–Crippen LogP) is 4.44. The molecule has 3 rings (SSSR count). The van der Waals surface area contributed by atoms with Crippen molar-refractivity contribution in [3.05, 3.63) is 23.7 Å². The Labute approximate surface area is 120 Å². The number of hydrogen-bond acceptors (Lipinski definition) is 3. The van der Waals surface area contributed by atoms with Crippen LogP contribution in [0.5, 0.6) is 0 Å². The lowest BCUT2D eigenvalue weighted by atomic mass is 10.1. The van der Waals surface area contributed by atoms with Gasteiger partial charge in [0, 0.05) is 34.2 Å². The van der Waals surface area contributed by atoms with Gasteiger partial charge in [-0.2, -0.15) is 0 Å². The maximum Gasteiger partial charge on any atom is 0.137 e. The lowest BCUT2D eigenvalue weighted by molar-refractivity contribution is 0.602. The number of alkyl halides is 1. The van der Waals surface area contributed by atoms with Crippen molar-refractivity contribution in [2.24, 2.45) is 0 Å². The van der Waals surface area contributed by atoms with Crippen molar-refractivity contribution < 1.29 is 0 Å². The fourth-order valence-electron chi connectivity index (χ4n) is 2.84. The molecule has 1 saturated heterocycles. The van der Waals surface area contributed by atoms with Crippen LogP contribution in [0.25, 0.3) is 10.1 Å². The summed E-state index contributed by atoms with van der Waals surface area (Å²) in [4.78, 5) is 7.17. The highest BCUT2D eigenvalue weighted by molar-refractivity contribution is 9.09. The molecule has 18 heavy (non-hydrogen) atoms. The summed E-state index contributed by atoms with van der Waals surface area (Å²) < 4.78 is 1.35. The van der Waals surface area contributed by atoms with Gasteiger partial charge in [-0.15, -0.1) is 11.3 Å². The summed E-state index contributed by atoms with van der Waals surface area (Å²) >= 11 is 5.34. The van der Waals surface area contributed by atoms with Crippen LogP contribution in [-0.2, 0) is 0 Å². The van der Waals surface area contributed by atoms with Crippen molar-refractivity contribution in [3.63, 3.8) is 0 Å². The standard InChI is InChI=1S/C14H17BrN2S/c15-7-1-3-11-4-2-9-17(11)14-12-6-10-18-13(12)5-8-16-14/h5-6,8,10-11H,1-4,7,9H2. The summed E-state index contributed by atoms with van der Waals surface area (Å²) in [5.41, 5.74) is 0. The zero-order valence-corrected chi connectivity index (χ0v) is 12.7. The highest BCUT2D eigenvalue weighted by atomic mass is 79.9. The van der Waals surface area contributed by atoms with E-state index in [1.54, 1.807) is 11.3 Å². The lowest BCUT2D eigenvalue weighted by Gasteiger charge is -2.26. The third-order valence-corrected chi connectivity index (χ3v) is 5.12. The highest BCUT2D eigenvalue weighted by Crippen LogP contribution is 2.33. The second-order valence-electron chi connectivity index (χ2n) is 4.79. The summed E-state index contributed by atoms with van der Waals surface area (Å²) in [6, 6.07) is 5.01. The van der Waals surface area contributed by atoms with E-state index in [0.717, 1.165) is 11.9 Å². The number of fused-ring (bicyclic) bond motifs is 1. The molecular formula is C14H17BrN2S. The molecule has 2 aromatic heterocycles. The average Bonchev–Trinajstić information content (AvgIpc) is 3.04. The lowest BCUT2D eigenvalue weighted by Crippen LogP contribution is -2.30. The van der Waals surface area contributed by atoms with Crippen molar-refractivity contribution in [1.29, 1.82) is 0 Å². The zero-order chi connectivity index (χ0) is 12.4. The van der Waals surface area contributed by atoms with Crippen molar-refractivity contribution >= 4 is 43.2 Å². The number of hydrogen-bond donors (Lipinski definition) is 0. The molecular weight excluding hydrogens is 308 g/mol. The van der Waals surface area contributed by atoms with Gasteiger partial charge in [0.2, 0.25) is 0 Å². The van der Waals surface area contributed by atoms with E-state index in [0.29, 0.717) is 6.04 Å². The van der Waals surface area contributed by atoms with Gasteiger partial charge in [0.1, 0.15) is 5.82 Å². The van der Waals surface area contributed by atoms with Crippen LogP contribution in [-0.4, -0.2) is 22.9 Å². The van der Waals surface area contributed by atoms with Gasteiger partial charge in [0.15, 0.2) is 0 Å². The number of nitrogens with zero attached hydrogens (tertiary/aromatic N) is 2. The number of aromatic nitrogens is 1. The Kier molecular flexibility index (Phi) is 3.85. The normalized spacial score (nSPS) is 19.8. The van der Waals surface area contributed by atoms with Gasteiger partial charge >= 0.3 is 0 Å². The van der Waals surface area contributed by atoms with Gasteiger partial charge in [-0.05, 0) is 43.2 Å². The number of thiophene rings is 1. The van der Waals surface area contributed by atoms with Crippen molar-refractivity contribution in [2.75, 3.05) is 16.8 Å². The molecule has 1 fully saturated rings. The molecule has 0 bridgehead atoms. The second-order valence-corrected chi connectivity index (χ2v) is 6.53. The minimum atomic E-state index is 0.681. The van der Waals surface area contributed by atoms with Crippen LogP contribution in [0.15, 0.2) is 23.7 Å². The van der Waals surface area contributed by atoms with Gasteiger partial charge in [0.05, 0.1) is 0 Å². The second kappa shape index (κ2) is 5.57. The molecule has 1 unspecified atom stereocenters. The Hall–Kier alpha value is -0.610. The Bertz CT molecular complexity index is 525. The van der Waals surface area contributed by atoms with Crippen LogP contribution < -0.4 is 4.90 Å². The topological polar surface area (TPSA) is 16.1 Å². The van der Waals surface area contributed by atoms with Crippen LogP contribution in [0.2, 0.25) is 0 Å². The summed E-state index contributed by atoms with van der Waals surface area (Å²) in [7, 11) is 0. The summed E-state index contributed by atoms with van der Waals surface area (Å²) in [6.45, 7) is 1.16. The van der Waals surface area contributed by atoms with Gasteiger partial charge in [-0.3, -0.25) is 0 Å². The minimum absolute atomic E-state index is 0.681. The Balaban J connectivity index is 1.90. The molecule has 1 atom stereocenters. The number of rotatable bonds is 4. The minimum Gasteiger partial charge on any atom is -0.353 e. The van der Waals surface area contributed by atoms with E-state index in [-0.39, 0.29) is 0 Å².